The Labute approximate surface area is 117 Å². The van der Waals surface area contributed by atoms with Gasteiger partial charge in [-0.15, -0.1) is 0 Å². The summed E-state index contributed by atoms with van der Waals surface area (Å²) in [6.45, 7) is 0.638. The van der Waals surface area contributed by atoms with Gasteiger partial charge in [0.1, 0.15) is 0 Å². The molecule has 1 atom stereocenters. The first-order chi connectivity index (χ1) is 9.71. The van der Waals surface area contributed by atoms with Crippen molar-refractivity contribution in [1.29, 1.82) is 10.5 Å². The van der Waals surface area contributed by atoms with Crippen LogP contribution in [0.25, 0.3) is 0 Å². The monoisotopic (exact) mass is 269 g/mol. The molecule has 1 aliphatic rings. The minimum Gasteiger partial charge on any atom is -0.394 e. The number of nitrogens with zero attached hydrogens (tertiary/aromatic N) is 3. The average molecular weight is 269 g/mol. The van der Waals surface area contributed by atoms with Crippen molar-refractivity contribution in [3.8, 4) is 12.1 Å². The summed E-state index contributed by atoms with van der Waals surface area (Å²) in [7, 11) is 0. The third-order valence-corrected chi connectivity index (χ3v) is 3.60. The highest BCUT2D eigenvalue weighted by Crippen LogP contribution is 2.21. The van der Waals surface area contributed by atoms with Crippen LogP contribution in [0.1, 0.15) is 34.7 Å². The average Bonchev–Trinajstić information content (AvgIpc) is 2.97. The number of likely N-dealkylation sites (tertiary alicyclic amines) is 1. The molecule has 0 spiro atoms. The largest absolute Gasteiger partial charge is 0.394 e. The summed E-state index contributed by atoms with van der Waals surface area (Å²) in [6, 6.07) is 10.2. The topological polar surface area (TPSA) is 88.1 Å². The molecule has 1 fully saturated rings. The molecule has 5 nitrogen and oxygen atoms in total. The molecular weight excluding hydrogens is 254 g/mol. The molecule has 1 aromatic carbocycles. The van der Waals surface area contributed by atoms with Crippen LogP contribution in [0.15, 0.2) is 24.3 Å². The number of hydrogen-bond acceptors (Lipinski definition) is 4. The van der Waals surface area contributed by atoms with E-state index in [1.165, 1.54) is 0 Å². The molecule has 1 N–H and O–H groups in total. The van der Waals surface area contributed by atoms with E-state index in [-0.39, 0.29) is 18.6 Å². The zero-order chi connectivity index (χ0) is 14.5. The molecule has 0 bridgehead atoms. The van der Waals surface area contributed by atoms with Crippen LogP contribution in [0.4, 0.5) is 0 Å². The fraction of sp³-hybridized carbons (Fsp3) is 0.400. The molecule has 5 heteroatoms. The van der Waals surface area contributed by atoms with E-state index in [1.54, 1.807) is 29.2 Å². The fourth-order valence-electron chi connectivity index (χ4n) is 2.45. The summed E-state index contributed by atoms with van der Waals surface area (Å²) < 4.78 is 0. The van der Waals surface area contributed by atoms with E-state index in [1.807, 2.05) is 12.1 Å². The molecule has 20 heavy (non-hydrogen) atoms. The van der Waals surface area contributed by atoms with Gasteiger partial charge in [-0.05, 0) is 30.5 Å². The summed E-state index contributed by atoms with van der Waals surface area (Å²) in [4.78, 5) is 14.0. The maximum atomic E-state index is 12.3. The number of nitriles is 2. The number of carbonyl (C=O) groups excluding carboxylic acids is 1. The molecule has 0 radical (unpaired) electrons. The fourth-order valence-corrected chi connectivity index (χ4v) is 2.45. The van der Waals surface area contributed by atoms with Crippen molar-refractivity contribution >= 4 is 5.91 Å². The van der Waals surface area contributed by atoms with Gasteiger partial charge in [0.25, 0.3) is 5.91 Å². The summed E-state index contributed by atoms with van der Waals surface area (Å²) >= 11 is 0. The van der Waals surface area contributed by atoms with Gasteiger partial charge in [-0.25, -0.2) is 0 Å². The van der Waals surface area contributed by atoms with E-state index in [0.29, 0.717) is 17.7 Å². The van der Waals surface area contributed by atoms with Crippen molar-refractivity contribution in [3.63, 3.8) is 0 Å². The van der Waals surface area contributed by atoms with Crippen LogP contribution in [0.3, 0.4) is 0 Å². The van der Waals surface area contributed by atoms with Gasteiger partial charge in [0.05, 0.1) is 24.8 Å². The number of hydrogen-bond donors (Lipinski definition) is 1. The predicted octanol–water partition coefficient (Wildman–Crippen LogP) is 1.41. The van der Waals surface area contributed by atoms with E-state index in [0.717, 1.165) is 12.8 Å². The Morgan fingerprint density at radius 3 is 2.55 bits per heavy atom. The van der Waals surface area contributed by atoms with E-state index in [2.05, 4.69) is 0 Å². The quantitative estimate of drug-likeness (QED) is 0.898. The van der Waals surface area contributed by atoms with Crippen LogP contribution in [0, 0.1) is 22.7 Å². The van der Waals surface area contributed by atoms with Crippen molar-refractivity contribution < 1.29 is 9.90 Å². The summed E-state index contributed by atoms with van der Waals surface area (Å²) in [5.74, 6) is -0.922. The highest BCUT2D eigenvalue weighted by molar-refractivity contribution is 5.94. The smallest absolute Gasteiger partial charge is 0.254 e. The normalized spacial score (nSPS) is 17.8. The van der Waals surface area contributed by atoms with Crippen molar-refractivity contribution in [2.75, 3.05) is 13.2 Å². The van der Waals surface area contributed by atoms with Gasteiger partial charge >= 0.3 is 0 Å². The van der Waals surface area contributed by atoms with Gasteiger partial charge in [0.15, 0.2) is 5.92 Å². The molecule has 0 aliphatic carbocycles. The van der Waals surface area contributed by atoms with Gasteiger partial charge in [0, 0.05) is 12.1 Å². The number of benzene rings is 1. The highest BCUT2D eigenvalue weighted by Gasteiger charge is 2.28. The number of aliphatic hydroxyl groups is 1. The van der Waals surface area contributed by atoms with E-state index >= 15 is 0 Å². The number of amides is 1. The molecule has 0 aromatic heterocycles. The Balaban J connectivity index is 2.16. The molecule has 0 unspecified atom stereocenters. The van der Waals surface area contributed by atoms with Gasteiger partial charge in [-0.3, -0.25) is 4.79 Å². The van der Waals surface area contributed by atoms with Crippen LogP contribution in [-0.4, -0.2) is 35.1 Å². The molecule has 1 saturated heterocycles. The maximum Gasteiger partial charge on any atom is 0.254 e. The molecule has 2 rings (SSSR count). The highest BCUT2D eigenvalue weighted by atomic mass is 16.3. The Bertz CT molecular complexity index is 554. The number of rotatable bonds is 3. The Morgan fingerprint density at radius 2 is 2.00 bits per heavy atom. The lowest BCUT2D eigenvalue weighted by Crippen LogP contribution is -2.37. The molecule has 1 aliphatic heterocycles. The molecule has 1 aromatic rings. The van der Waals surface area contributed by atoms with Crippen LogP contribution in [-0.2, 0) is 0 Å². The van der Waals surface area contributed by atoms with Crippen LogP contribution in [0.5, 0.6) is 0 Å². The van der Waals surface area contributed by atoms with Gasteiger partial charge in [-0.2, -0.15) is 10.5 Å². The summed E-state index contributed by atoms with van der Waals surface area (Å²) in [5.41, 5.74) is 1.11. The molecule has 102 valence electrons. The zero-order valence-electron chi connectivity index (χ0n) is 11.0. The number of carbonyl (C=O) groups is 1. The van der Waals surface area contributed by atoms with E-state index < -0.39 is 5.92 Å². The van der Waals surface area contributed by atoms with Crippen molar-refractivity contribution in [2.45, 2.75) is 24.8 Å². The van der Waals surface area contributed by atoms with Crippen LogP contribution < -0.4 is 0 Å². The lowest BCUT2D eigenvalue weighted by molar-refractivity contribution is 0.0677. The second-order valence-corrected chi connectivity index (χ2v) is 4.79. The molecule has 1 heterocycles. The van der Waals surface area contributed by atoms with Crippen molar-refractivity contribution in [1.82, 2.24) is 4.90 Å². The van der Waals surface area contributed by atoms with Crippen molar-refractivity contribution in [2.24, 2.45) is 0 Å². The first kappa shape index (κ1) is 14.0. The lowest BCUT2D eigenvalue weighted by Gasteiger charge is -2.23. The third kappa shape index (κ3) is 2.64. The standard InChI is InChI=1S/C15H15N3O2/c16-8-13(9-17)11-3-5-12(6-4-11)15(20)18-7-1-2-14(18)10-19/h3-6,13-14,19H,1-2,7,10H2/t14-/m0/s1. The second-order valence-electron chi connectivity index (χ2n) is 4.79. The summed E-state index contributed by atoms with van der Waals surface area (Å²) in [5, 5.41) is 26.9. The first-order valence-electron chi connectivity index (χ1n) is 6.52. The third-order valence-electron chi connectivity index (χ3n) is 3.60. The second kappa shape index (κ2) is 6.18. The van der Waals surface area contributed by atoms with Gasteiger partial charge < -0.3 is 10.0 Å². The Hall–Kier alpha value is -2.37. The molecule has 1 amide bonds. The minimum atomic E-state index is -0.809. The van der Waals surface area contributed by atoms with Gasteiger partial charge in [0.2, 0.25) is 0 Å². The Kier molecular flexibility index (Phi) is 4.34. The van der Waals surface area contributed by atoms with Crippen LogP contribution >= 0.6 is 0 Å². The molecule has 0 saturated carbocycles. The minimum absolute atomic E-state index is 0.0191. The lowest BCUT2D eigenvalue weighted by atomic mass is 10.0. The number of aliphatic hydroxyl groups excluding tert-OH is 1. The SMILES string of the molecule is N#CC(C#N)c1ccc(C(=O)N2CCC[C@H]2CO)cc1. The first-order valence-corrected chi connectivity index (χ1v) is 6.52. The van der Waals surface area contributed by atoms with Crippen LogP contribution in [0.2, 0.25) is 0 Å². The van der Waals surface area contributed by atoms with E-state index in [4.69, 9.17) is 10.5 Å². The summed E-state index contributed by atoms with van der Waals surface area (Å²) in [6.07, 6.45) is 1.73. The zero-order valence-corrected chi connectivity index (χ0v) is 11.0. The maximum absolute atomic E-state index is 12.3. The Morgan fingerprint density at radius 1 is 1.35 bits per heavy atom. The molecular formula is C15H15N3O2. The van der Waals surface area contributed by atoms with E-state index in [9.17, 15) is 9.90 Å². The predicted molar refractivity (Wildman–Crippen MR) is 71.6 cm³/mol. The van der Waals surface area contributed by atoms with Gasteiger partial charge in [-0.1, -0.05) is 12.1 Å². The van der Waals surface area contributed by atoms with Crippen molar-refractivity contribution in [3.05, 3.63) is 35.4 Å².